The third kappa shape index (κ3) is 3.26. The van der Waals surface area contributed by atoms with Gasteiger partial charge in [0.15, 0.2) is 0 Å². The molecule has 1 aliphatic heterocycles. The Morgan fingerprint density at radius 2 is 2.37 bits per heavy atom. The smallest absolute Gasteiger partial charge is 0.322 e. The molecule has 106 valence electrons. The number of aromatic nitrogens is 2. The van der Waals surface area contributed by atoms with Crippen LogP contribution in [0.15, 0.2) is 12.4 Å². The average molecular weight is 266 g/mol. The van der Waals surface area contributed by atoms with Gasteiger partial charge in [-0.1, -0.05) is 6.92 Å². The number of nitrogens with one attached hydrogen (secondary N) is 1. The first-order chi connectivity index (χ1) is 9.11. The number of hydrogen-bond acceptors (Lipinski definition) is 3. The number of anilines is 1. The third-order valence-electron chi connectivity index (χ3n) is 3.48. The topological polar surface area (TPSA) is 59.4 Å². The van der Waals surface area contributed by atoms with Gasteiger partial charge in [-0.05, 0) is 20.3 Å². The van der Waals surface area contributed by atoms with E-state index in [0.717, 1.165) is 18.7 Å². The summed E-state index contributed by atoms with van der Waals surface area (Å²) in [5.41, 5.74) is 0.741. The molecule has 2 rings (SSSR count). The van der Waals surface area contributed by atoms with E-state index in [0.29, 0.717) is 13.2 Å². The monoisotopic (exact) mass is 266 g/mol. The van der Waals surface area contributed by atoms with Gasteiger partial charge in [-0.25, -0.2) is 4.79 Å². The van der Waals surface area contributed by atoms with Crippen molar-refractivity contribution in [2.45, 2.75) is 45.9 Å². The van der Waals surface area contributed by atoms with E-state index in [4.69, 9.17) is 4.74 Å². The minimum atomic E-state index is -0.0845. The van der Waals surface area contributed by atoms with Crippen LogP contribution >= 0.6 is 0 Å². The number of ether oxygens (including phenoxy) is 1. The lowest BCUT2D eigenvalue weighted by Gasteiger charge is -2.37. The standard InChI is InChI=1S/C13H22N4O2/c1-4-5-16-9-12(8-14-16)15-13(18)17-6-7-19-11(3)10(17)2/h8-11H,4-7H2,1-3H3,(H,15,18)/t10-,11-/m1/s1. The number of amides is 2. The normalized spacial score (nSPS) is 23.4. The van der Waals surface area contributed by atoms with Gasteiger partial charge in [-0.15, -0.1) is 0 Å². The Kier molecular flexibility index (Phi) is 4.42. The van der Waals surface area contributed by atoms with Crippen molar-refractivity contribution in [2.75, 3.05) is 18.5 Å². The lowest BCUT2D eigenvalue weighted by molar-refractivity contribution is -0.0355. The highest BCUT2D eigenvalue weighted by Crippen LogP contribution is 2.15. The zero-order chi connectivity index (χ0) is 13.8. The number of hydrogen-bond donors (Lipinski definition) is 1. The van der Waals surface area contributed by atoms with Gasteiger partial charge < -0.3 is 15.0 Å². The van der Waals surface area contributed by atoms with Crippen molar-refractivity contribution in [3.63, 3.8) is 0 Å². The van der Waals surface area contributed by atoms with E-state index in [9.17, 15) is 4.79 Å². The van der Waals surface area contributed by atoms with Gasteiger partial charge in [0.25, 0.3) is 0 Å². The molecule has 0 aliphatic carbocycles. The molecule has 19 heavy (non-hydrogen) atoms. The SMILES string of the molecule is CCCn1cc(NC(=O)N2CCO[C@H](C)[C@H]2C)cn1. The van der Waals surface area contributed by atoms with E-state index in [1.54, 1.807) is 6.20 Å². The molecule has 1 saturated heterocycles. The highest BCUT2D eigenvalue weighted by molar-refractivity contribution is 5.89. The molecule has 2 atom stereocenters. The summed E-state index contributed by atoms with van der Waals surface area (Å²) < 4.78 is 7.35. The highest BCUT2D eigenvalue weighted by atomic mass is 16.5. The first-order valence-electron chi connectivity index (χ1n) is 6.83. The van der Waals surface area contributed by atoms with Crippen molar-refractivity contribution < 1.29 is 9.53 Å². The summed E-state index contributed by atoms with van der Waals surface area (Å²) in [5, 5.41) is 7.09. The molecular weight excluding hydrogens is 244 g/mol. The molecule has 6 heteroatoms. The van der Waals surface area contributed by atoms with E-state index < -0.39 is 0 Å². The summed E-state index contributed by atoms with van der Waals surface area (Å²) in [4.78, 5) is 14.0. The highest BCUT2D eigenvalue weighted by Gasteiger charge is 2.29. The second kappa shape index (κ2) is 6.06. The molecule has 0 spiro atoms. The fraction of sp³-hybridized carbons (Fsp3) is 0.692. The second-order valence-corrected chi connectivity index (χ2v) is 4.93. The minimum Gasteiger partial charge on any atom is -0.375 e. The van der Waals surface area contributed by atoms with Crippen LogP contribution in [0.4, 0.5) is 10.5 Å². The van der Waals surface area contributed by atoms with Gasteiger partial charge in [0.05, 0.1) is 30.6 Å². The molecule has 1 aromatic rings. The molecule has 0 aromatic carbocycles. The zero-order valence-electron chi connectivity index (χ0n) is 11.8. The van der Waals surface area contributed by atoms with E-state index >= 15 is 0 Å². The average Bonchev–Trinajstić information content (AvgIpc) is 2.80. The molecule has 1 N–H and O–H groups in total. The van der Waals surface area contributed by atoms with Gasteiger partial charge >= 0.3 is 6.03 Å². The molecule has 0 saturated carbocycles. The fourth-order valence-electron chi connectivity index (χ4n) is 2.19. The molecule has 0 unspecified atom stereocenters. The van der Waals surface area contributed by atoms with Crippen molar-refractivity contribution in [1.82, 2.24) is 14.7 Å². The van der Waals surface area contributed by atoms with E-state index in [1.807, 2.05) is 29.6 Å². The van der Waals surface area contributed by atoms with E-state index in [1.165, 1.54) is 0 Å². The van der Waals surface area contributed by atoms with Crippen LogP contribution in [0.5, 0.6) is 0 Å². The van der Waals surface area contributed by atoms with Crippen molar-refractivity contribution in [3.8, 4) is 0 Å². The van der Waals surface area contributed by atoms with E-state index in [2.05, 4.69) is 17.3 Å². The molecule has 0 radical (unpaired) electrons. The van der Waals surface area contributed by atoms with Crippen LogP contribution in [-0.4, -0.2) is 46.0 Å². The number of rotatable bonds is 3. The zero-order valence-corrected chi connectivity index (χ0v) is 11.8. The van der Waals surface area contributed by atoms with Gasteiger partial charge in [-0.2, -0.15) is 5.10 Å². The van der Waals surface area contributed by atoms with Crippen molar-refractivity contribution >= 4 is 11.7 Å². The van der Waals surface area contributed by atoms with Crippen molar-refractivity contribution in [1.29, 1.82) is 0 Å². The molecular formula is C13H22N4O2. The van der Waals surface area contributed by atoms with Crippen LogP contribution in [0.25, 0.3) is 0 Å². The number of urea groups is 1. The van der Waals surface area contributed by atoms with Gasteiger partial charge in [-0.3, -0.25) is 4.68 Å². The summed E-state index contributed by atoms with van der Waals surface area (Å²) in [7, 11) is 0. The van der Waals surface area contributed by atoms with Crippen LogP contribution in [0.1, 0.15) is 27.2 Å². The summed E-state index contributed by atoms with van der Waals surface area (Å²) in [6.07, 6.45) is 4.63. The number of nitrogens with zero attached hydrogens (tertiary/aromatic N) is 3. The molecule has 0 bridgehead atoms. The summed E-state index contributed by atoms with van der Waals surface area (Å²) in [6.45, 7) is 8.17. The lowest BCUT2D eigenvalue weighted by Crippen LogP contribution is -2.52. The number of carbonyl (C=O) groups excluding carboxylic acids is 1. The number of aryl methyl sites for hydroxylation is 1. The minimum absolute atomic E-state index is 0.0716. The number of morpholine rings is 1. The van der Waals surface area contributed by atoms with Crippen LogP contribution in [0.2, 0.25) is 0 Å². The first kappa shape index (κ1) is 13.9. The Hall–Kier alpha value is -1.56. The predicted molar refractivity (Wildman–Crippen MR) is 73.1 cm³/mol. The van der Waals surface area contributed by atoms with Gasteiger partial charge in [0.1, 0.15) is 0 Å². The Morgan fingerprint density at radius 3 is 3.11 bits per heavy atom. The predicted octanol–water partition coefficient (Wildman–Crippen LogP) is 1.93. The summed E-state index contributed by atoms with van der Waals surface area (Å²) in [5.74, 6) is 0. The molecule has 1 aliphatic rings. The summed E-state index contributed by atoms with van der Waals surface area (Å²) >= 11 is 0. The fourth-order valence-corrected chi connectivity index (χ4v) is 2.19. The second-order valence-electron chi connectivity index (χ2n) is 4.93. The van der Waals surface area contributed by atoms with E-state index in [-0.39, 0.29) is 18.2 Å². The molecule has 6 nitrogen and oxygen atoms in total. The molecule has 1 aromatic heterocycles. The van der Waals surface area contributed by atoms with Crippen LogP contribution < -0.4 is 5.32 Å². The maximum atomic E-state index is 12.2. The maximum absolute atomic E-state index is 12.2. The number of carbonyl (C=O) groups is 1. The first-order valence-corrected chi connectivity index (χ1v) is 6.83. The maximum Gasteiger partial charge on any atom is 0.322 e. The third-order valence-corrected chi connectivity index (χ3v) is 3.48. The van der Waals surface area contributed by atoms with Gasteiger partial charge in [0.2, 0.25) is 0 Å². The van der Waals surface area contributed by atoms with Gasteiger partial charge in [0, 0.05) is 19.3 Å². The lowest BCUT2D eigenvalue weighted by atomic mass is 10.1. The van der Waals surface area contributed by atoms with Crippen LogP contribution in [0, 0.1) is 0 Å². The van der Waals surface area contributed by atoms with Crippen molar-refractivity contribution in [3.05, 3.63) is 12.4 Å². The van der Waals surface area contributed by atoms with Crippen LogP contribution in [0.3, 0.4) is 0 Å². The Bertz CT molecular complexity index is 432. The Labute approximate surface area is 113 Å². The van der Waals surface area contributed by atoms with Crippen molar-refractivity contribution in [2.24, 2.45) is 0 Å². The molecule has 2 heterocycles. The largest absolute Gasteiger partial charge is 0.375 e. The molecule has 2 amide bonds. The molecule has 1 fully saturated rings. The summed E-state index contributed by atoms with van der Waals surface area (Å²) in [6, 6.07) is -0.00173. The van der Waals surface area contributed by atoms with Crippen LogP contribution in [-0.2, 0) is 11.3 Å². The quantitative estimate of drug-likeness (QED) is 0.909. The Balaban J connectivity index is 1.95. The Morgan fingerprint density at radius 1 is 1.58 bits per heavy atom.